The third-order valence-corrected chi connectivity index (χ3v) is 3.14. The van der Waals surface area contributed by atoms with Crippen LogP contribution in [-0.2, 0) is 14.3 Å². The van der Waals surface area contributed by atoms with Crippen molar-refractivity contribution in [1.29, 1.82) is 0 Å². The number of ether oxygens (including phenoxy) is 2. The number of rotatable bonds is 3. The van der Waals surface area contributed by atoms with Crippen LogP contribution in [0, 0.1) is 5.41 Å². The molecule has 0 aliphatic carbocycles. The van der Waals surface area contributed by atoms with Crippen LogP contribution in [-0.4, -0.2) is 54.6 Å². The third-order valence-electron chi connectivity index (χ3n) is 3.14. The molecule has 1 fully saturated rings. The summed E-state index contributed by atoms with van der Waals surface area (Å²) in [6.45, 7) is 8.54. The summed E-state index contributed by atoms with van der Waals surface area (Å²) < 4.78 is 10.4. The fourth-order valence-corrected chi connectivity index (χ4v) is 2.05. The molecule has 17 heavy (non-hydrogen) atoms. The van der Waals surface area contributed by atoms with Gasteiger partial charge in [0, 0.05) is 5.41 Å². The molecule has 5 heteroatoms. The molecule has 1 aliphatic rings. The molecule has 0 aromatic heterocycles. The molecular formula is C12H23NO4. The molecule has 5 nitrogen and oxygen atoms in total. The zero-order valence-electron chi connectivity index (χ0n) is 11.3. The van der Waals surface area contributed by atoms with Gasteiger partial charge in [-0.25, -0.2) is 0 Å². The fraction of sp³-hybridized carbons (Fsp3) is 0.917. The molecule has 0 aromatic rings. The minimum Gasteiger partial charge on any atom is -0.468 e. The van der Waals surface area contributed by atoms with E-state index in [1.54, 1.807) is 0 Å². The second-order valence-electron chi connectivity index (χ2n) is 5.89. The second-order valence-corrected chi connectivity index (χ2v) is 5.89. The van der Waals surface area contributed by atoms with Crippen molar-refractivity contribution in [3.63, 3.8) is 0 Å². The molecule has 1 saturated heterocycles. The standard InChI is InChI=1S/C12H23NO4/c1-11(2,3)10-13(6-9(15)16-5)12(4,7-14)8-17-10/h10,14H,6-8H2,1-5H3/t10-,12-/m1/s1. The topological polar surface area (TPSA) is 59.0 Å². The van der Waals surface area contributed by atoms with Gasteiger partial charge in [-0.15, -0.1) is 0 Å². The van der Waals surface area contributed by atoms with Crippen LogP contribution in [0.5, 0.6) is 0 Å². The Bertz CT molecular complexity index is 287. The molecule has 0 amide bonds. The summed E-state index contributed by atoms with van der Waals surface area (Å²) >= 11 is 0. The summed E-state index contributed by atoms with van der Waals surface area (Å²) in [7, 11) is 1.36. The van der Waals surface area contributed by atoms with E-state index in [4.69, 9.17) is 9.47 Å². The van der Waals surface area contributed by atoms with Gasteiger partial charge in [0.2, 0.25) is 0 Å². The summed E-state index contributed by atoms with van der Waals surface area (Å²) in [5, 5.41) is 9.49. The molecule has 0 unspecified atom stereocenters. The Morgan fingerprint density at radius 1 is 1.59 bits per heavy atom. The highest BCUT2D eigenvalue weighted by atomic mass is 16.5. The maximum absolute atomic E-state index is 11.4. The zero-order chi connectivity index (χ0) is 13.3. The minimum atomic E-state index is -0.522. The van der Waals surface area contributed by atoms with E-state index in [1.165, 1.54) is 7.11 Å². The first-order valence-corrected chi connectivity index (χ1v) is 5.80. The maximum Gasteiger partial charge on any atom is 0.319 e. The van der Waals surface area contributed by atoms with Crippen molar-refractivity contribution in [2.24, 2.45) is 5.41 Å². The SMILES string of the molecule is COC(=O)CN1[C@@H](C(C)(C)C)OC[C@@]1(C)CO. The van der Waals surface area contributed by atoms with Crippen LogP contribution in [0.4, 0.5) is 0 Å². The van der Waals surface area contributed by atoms with Crippen LogP contribution < -0.4 is 0 Å². The van der Waals surface area contributed by atoms with Crippen LogP contribution in [0.2, 0.25) is 0 Å². The number of aliphatic hydroxyl groups is 1. The first kappa shape index (κ1) is 14.4. The molecule has 0 spiro atoms. The van der Waals surface area contributed by atoms with Crippen molar-refractivity contribution in [2.75, 3.05) is 26.9 Å². The lowest BCUT2D eigenvalue weighted by molar-refractivity contribution is -0.147. The Morgan fingerprint density at radius 3 is 2.59 bits per heavy atom. The van der Waals surface area contributed by atoms with Crippen LogP contribution in [0.1, 0.15) is 27.7 Å². The van der Waals surface area contributed by atoms with E-state index in [2.05, 4.69) is 0 Å². The molecule has 0 bridgehead atoms. The number of hydrogen-bond donors (Lipinski definition) is 1. The van der Waals surface area contributed by atoms with Gasteiger partial charge in [0.1, 0.15) is 6.23 Å². The lowest BCUT2D eigenvalue weighted by Gasteiger charge is -2.38. The second kappa shape index (κ2) is 4.92. The molecular weight excluding hydrogens is 222 g/mol. The normalized spacial score (nSPS) is 30.6. The average molecular weight is 245 g/mol. The molecule has 0 radical (unpaired) electrons. The van der Waals surface area contributed by atoms with Gasteiger partial charge >= 0.3 is 5.97 Å². The number of nitrogens with zero attached hydrogens (tertiary/aromatic N) is 1. The van der Waals surface area contributed by atoms with Crippen molar-refractivity contribution in [3.05, 3.63) is 0 Å². The van der Waals surface area contributed by atoms with Crippen molar-refractivity contribution in [2.45, 2.75) is 39.5 Å². The van der Waals surface area contributed by atoms with Gasteiger partial charge in [0.05, 0.1) is 32.4 Å². The smallest absolute Gasteiger partial charge is 0.319 e. The van der Waals surface area contributed by atoms with E-state index in [0.717, 1.165) is 0 Å². The highest BCUT2D eigenvalue weighted by Gasteiger charge is 2.48. The largest absolute Gasteiger partial charge is 0.468 e. The van der Waals surface area contributed by atoms with Crippen LogP contribution in [0.3, 0.4) is 0 Å². The molecule has 1 aliphatic heterocycles. The lowest BCUT2D eigenvalue weighted by Crippen LogP contribution is -2.54. The summed E-state index contributed by atoms with van der Waals surface area (Å²) in [4.78, 5) is 13.3. The van der Waals surface area contributed by atoms with Crippen LogP contribution >= 0.6 is 0 Å². The molecule has 2 atom stereocenters. The molecule has 1 N–H and O–H groups in total. The highest BCUT2D eigenvalue weighted by Crippen LogP contribution is 2.36. The first-order chi connectivity index (χ1) is 7.74. The Kier molecular flexibility index (Phi) is 4.17. The molecule has 1 heterocycles. The zero-order valence-corrected chi connectivity index (χ0v) is 11.3. The summed E-state index contributed by atoms with van der Waals surface area (Å²) in [5.74, 6) is -0.315. The number of methoxy groups -OCH3 is 1. The molecule has 0 saturated carbocycles. The van der Waals surface area contributed by atoms with Crippen molar-refractivity contribution < 1.29 is 19.4 Å². The number of carbonyl (C=O) groups excluding carboxylic acids is 1. The summed E-state index contributed by atoms with van der Waals surface area (Å²) in [6.07, 6.45) is -0.196. The van der Waals surface area contributed by atoms with Crippen LogP contribution in [0.15, 0.2) is 0 Å². The van der Waals surface area contributed by atoms with Crippen molar-refractivity contribution in [1.82, 2.24) is 4.90 Å². The predicted octanol–water partition coefficient (Wildman–Crippen LogP) is 0.615. The molecule has 0 aromatic carbocycles. The Balaban J connectivity index is 2.91. The number of hydrogen-bond acceptors (Lipinski definition) is 5. The number of esters is 1. The Hall–Kier alpha value is -0.650. The van der Waals surface area contributed by atoms with Gasteiger partial charge in [-0.05, 0) is 6.92 Å². The number of carbonyl (C=O) groups is 1. The van der Waals surface area contributed by atoms with Crippen LogP contribution in [0.25, 0.3) is 0 Å². The monoisotopic (exact) mass is 245 g/mol. The maximum atomic E-state index is 11.4. The predicted molar refractivity (Wildman–Crippen MR) is 63.4 cm³/mol. The highest BCUT2D eigenvalue weighted by molar-refractivity contribution is 5.71. The van der Waals surface area contributed by atoms with Gasteiger partial charge < -0.3 is 14.6 Å². The molecule has 100 valence electrons. The van der Waals surface area contributed by atoms with E-state index in [9.17, 15) is 9.90 Å². The first-order valence-electron chi connectivity index (χ1n) is 5.80. The van der Waals surface area contributed by atoms with E-state index >= 15 is 0 Å². The van der Waals surface area contributed by atoms with E-state index in [1.807, 2.05) is 32.6 Å². The quantitative estimate of drug-likeness (QED) is 0.738. The lowest BCUT2D eigenvalue weighted by atomic mass is 9.91. The fourth-order valence-electron chi connectivity index (χ4n) is 2.05. The summed E-state index contributed by atoms with van der Waals surface area (Å²) in [5.41, 5.74) is -0.646. The minimum absolute atomic E-state index is 0.0451. The molecule has 1 rings (SSSR count). The number of aliphatic hydroxyl groups excluding tert-OH is 1. The van der Waals surface area contributed by atoms with Gasteiger partial charge in [0.25, 0.3) is 0 Å². The van der Waals surface area contributed by atoms with E-state index < -0.39 is 5.54 Å². The van der Waals surface area contributed by atoms with Gasteiger partial charge in [0.15, 0.2) is 0 Å². The van der Waals surface area contributed by atoms with Gasteiger partial charge in [-0.2, -0.15) is 0 Å². The van der Waals surface area contributed by atoms with Crippen molar-refractivity contribution in [3.8, 4) is 0 Å². The van der Waals surface area contributed by atoms with E-state index in [-0.39, 0.29) is 30.8 Å². The Morgan fingerprint density at radius 2 is 2.18 bits per heavy atom. The van der Waals surface area contributed by atoms with Gasteiger partial charge in [-0.1, -0.05) is 20.8 Å². The van der Waals surface area contributed by atoms with Crippen molar-refractivity contribution >= 4 is 5.97 Å². The summed E-state index contributed by atoms with van der Waals surface area (Å²) in [6, 6.07) is 0. The van der Waals surface area contributed by atoms with Gasteiger partial charge in [-0.3, -0.25) is 9.69 Å². The average Bonchev–Trinajstić information content (AvgIpc) is 2.57. The Labute approximate surface area is 103 Å². The van der Waals surface area contributed by atoms with E-state index in [0.29, 0.717) is 6.61 Å². The third kappa shape index (κ3) is 2.97.